The Balaban J connectivity index is 2.06. The van der Waals surface area contributed by atoms with Crippen LogP contribution in [0.15, 0.2) is 24.3 Å². The molecule has 2 rings (SSSR count). The Morgan fingerprint density at radius 1 is 1.15 bits per heavy atom. The topological polar surface area (TPSA) is 44.8 Å². The number of ether oxygens (including phenoxy) is 1. The van der Waals surface area contributed by atoms with E-state index in [1.165, 1.54) is 0 Å². The molecular weight excluding hydrogens is 278 g/mol. The summed E-state index contributed by atoms with van der Waals surface area (Å²) >= 11 is 5.12. The van der Waals surface area contributed by atoms with Crippen molar-refractivity contribution < 1.29 is 18.8 Å². The van der Waals surface area contributed by atoms with Crippen molar-refractivity contribution in [1.82, 2.24) is 0 Å². The van der Waals surface area contributed by atoms with Crippen LogP contribution in [0.2, 0.25) is 0 Å². The lowest BCUT2D eigenvalue weighted by Crippen LogP contribution is -2.41. The molecule has 0 bridgehead atoms. The number of carbonyl (C=O) groups excluding carboxylic acids is 1. The van der Waals surface area contributed by atoms with Gasteiger partial charge in [0, 0.05) is 11.6 Å². The predicted molar refractivity (Wildman–Crippen MR) is 78.2 cm³/mol. The van der Waals surface area contributed by atoms with E-state index in [1.807, 2.05) is 52.0 Å². The van der Waals surface area contributed by atoms with E-state index in [0.717, 1.165) is 11.0 Å². The minimum absolute atomic E-state index is 0.159. The molecule has 1 aromatic rings. The largest absolute Gasteiger partial charge is 0.494 e. The molecule has 0 spiro atoms. The van der Waals surface area contributed by atoms with Crippen LogP contribution >= 0.6 is 11.6 Å². The normalized spacial score (nSPS) is 19.9. The van der Waals surface area contributed by atoms with Gasteiger partial charge in [0.1, 0.15) is 6.61 Å². The molecule has 6 heteroatoms. The number of halogens is 1. The van der Waals surface area contributed by atoms with Crippen LogP contribution < -0.4 is 5.46 Å². The molecule has 1 aromatic carbocycles. The van der Waals surface area contributed by atoms with Crippen molar-refractivity contribution in [1.29, 1.82) is 0 Å². The number of rotatable bonds is 3. The number of hydrogen-bond acceptors (Lipinski definition) is 4. The van der Waals surface area contributed by atoms with Crippen LogP contribution in [0.5, 0.6) is 0 Å². The Hall–Kier alpha value is -1.04. The van der Waals surface area contributed by atoms with Gasteiger partial charge >= 0.3 is 12.5 Å². The van der Waals surface area contributed by atoms with E-state index in [-0.39, 0.29) is 24.9 Å². The summed E-state index contributed by atoms with van der Waals surface area (Å²) in [5.74, 6) is 0. The Kier molecular flexibility index (Phi) is 4.14. The van der Waals surface area contributed by atoms with E-state index in [0.29, 0.717) is 0 Å². The molecule has 0 atom stereocenters. The van der Waals surface area contributed by atoms with Gasteiger partial charge in [-0.1, -0.05) is 24.3 Å². The maximum Gasteiger partial charge on any atom is 0.494 e. The molecule has 108 valence electrons. The van der Waals surface area contributed by atoms with Gasteiger partial charge in [0.2, 0.25) is 0 Å². The van der Waals surface area contributed by atoms with Crippen molar-refractivity contribution >= 4 is 29.6 Å². The molecule has 1 aliphatic rings. The maximum absolute atomic E-state index is 10.5. The van der Waals surface area contributed by atoms with Gasteiger partial charge in [-0.25, -0.2) is 4.79 Å². The standard InChI is InChI=1S/C14H18BClO4/c1-13(2)14(3,4)20-15(19-13)11-7-5-10(6-8-11)9-18-12(16)17/h5-8H,9H2,1-4H3. The SMILES string of the molecule is CC1(C)OB(c2ccc(COC(=O)Cl)cc2)OC1(C)C. The van der Waals surface area contributed by atoms with Crippen LogP contribution in [0, 0.1) is 0 Å². The second-order valence-electron chi connectivity index (χ2n) is 5.86. The highest BCUT2D eigenvalue weighted by Crippen LogP contribution is 2.36. The maximum atomic E-state index is 10.5. The third kappa shape index (κ3) is 3.16. The fourth-order valence-corrected chi connectivity index (χ4v) is 1.94. The van der Waals surface area contributed by atoms with Crippen molar-refractivity contribution in [2.24, 2.45) is 0 Å². The highest BCUT2D eigenvalue weighted by Gasteiger charge is 2.51. The van der Waals surface area contributed by atoms with E-state index >= 15 is 0 Å². The zero-order valence-corrected chi connectivity index (χ0v) is 12.9. The summed E-state index contributed by atoms with van der Waals surface area (Å²) in [6, 6.07) is 7.53. The molecule has 4 nitrogen and oxygen atoms in total. The molecule has 1 saturated heterocycles. The second kappa shape index (κ2) is 5.39. The van der Waals surface area contributed by atoms with Gasteiger partial charge in [0.15, 0.2) is 0 Å². The molecule has 1 fully saturated rings. The first kappa shape index (κ1) is 15.4. The van der Waals surface area contributed by atoms with Crippen LogP contribution in [0.4, 0.5) is 4.79 Å². The van der Waals surface area contributed by atoms with Crippen LogP contribution in [0.3, 0.4) is 0 Å². The lowest BCUT2D eigenvalue weighted by Gasteiger charge is -2.32. The summed E-state index contributed by atoms with van der Waals surface area (Å²) in [5, 5.41) is 0. The van der Waals surface area contributed by atoms with Crippen molar-refractivity contribution in [2.75, 3.05) is 0 Å². The Morgan fingerprint density at radius 2 is 1.65 bits per heavy atom. The lowest BCUT2D eigenvalue weighted by atomic mass is 9.79. The van der Waals surface area contributed by atoms with Crippen LogP contribution in [0.25, 0.3) is 0 Å². The second-order valence-corrected chi connectivity index (χ2v) is 6.16. The zero-order valence-electron chi connectivity index (χ0n) is 12.1. The Morgan fingerprint density at radius 3 is 2.10 bits per heavy atom. The molecule has 0 aliphatic carbocycles. The monoisotopic (exact) mass is 296 g/mol. The average Bonchev–Trinajstić information content (AvgIpc) is 2.56. The number of carbonyl (C=O) groups is 1. The summed E-state index contributed by atoms with van der Waals surface area (Å²) < 4.78 is 16.6. The Bertz CT molecular complexity index is 482. The fourth-order valence-electron chi connectivity index (χ4n) is 1.89. The molecule has 1 heterocycles. The van der Waals surface area contributed by atoms with Gasteiger partial charge in [-0.2, -0.15) is 0 Å². The molecule has 0 aromatic heterocycles. The van der Waals surface area contributed by atoms with Crippen LogP contribution in [-0.2, 0) is 20.7 Å². The minimum atomic E-state index is -0.806. The summed E-state index contributed by atoms with van der Waals surface area (Å²) in [4.78, 5) is 10.5. The lowest BCUT2D eigenvalue weighted by molar-refractivity contribution is 0.00578. The highest BCUT2D eigenvalue weighted by molar-refractivity contribution is 6.62. The van der Waals surface area contributed by atoms with Gasteiger partial charge in [-0.3, -0.25) is 0 Å². The fraction of sp³-hybridized carbons (Fsp3) is 0.500. The zero-order chi connectivity index (χ0) is 15.0. The molecule has 0 N–H and O–H groups in total. The smallest absolute Gasteiger partial charge is 0.449 e. The first-order valence-corrected chi connectivity index (χ1v) is 6.86. The quantitative estimate of drug-likeness (QED) is 0.635. The van der Waals surface area contributed by atoms with Crippen molar-refractivity contribution in [3.05, 3.63) is 29.8 Å². The summed E-state index contributed by atoms with van der Waals surface area (Å²) in [7, 11) is -0.385. The van der Waals surface area contributed by atoms with Crippen LogP contribution in [0.1, 0.15) is 33.3 Å². The first-order chi connectivity index (χ1) is 9.21. The molecular formula is C14H18BClO4. The summed E-state index contributed by atoms with van der Waals surface area (Å²) in [5.41, 5.74) is 0.276. The summed E-state index contributed by atoms with van der Waals surface area (Å²) in [6.07, 6.45) is 0. The van der Waals surface area contributed by atoms with Crippen molar-refractivity contribution in [2.45, 2.75) is 45.5 Å². The average molecular weight is 297 g/mol. The first-order valence-electron chi connectivity index (χ1n) is 6.48. The molecule has 20 heavy (non-hydrogen) atoms. The van der Waals surface area contributed by atoms with Crippen LogP contribution in [-0.4, -0.2) is 23.7 Å². The van der Waals surface area contributed by atoms with Crippen molar-refractivity contribution in [3.63, 3.8) is 0 Å². The molecule has 0 unspecified atom stereocenters. The predicted octanol–water partition coefficient (Wildman–Crippen LogP) is 2.86. The van der Waals surface area contributed by atoms with E-state index in [1.54, 1.807) is 0 Å². The molecule has 0 saturated carbocycles. The van der Waals surface area contributed by atoms with Gasteiger partial charge in [-0.15, -0.1) is 0 Å². The number of benzene rings is 1. The third-order valence-electron chi connectivity index (χ3n) is 3.86. The molecule has 0 amide bonds. The van der Waals surface area contributed by atoms with Crippen molar-refractivity contribution in [3.8, 4) is 0 Å². The van der Waals surface area contributed by atoms with Gasteiger partial charge in [0.25, 0.3) is 0 Å². The van der Waals surface area contributed by atoms with E-state index in [4.69, 9.17) is 25.6 Å². The third-order valence-corrected chi connectivity index (χ3v) is 3.97. The highest BCUT2D eigenvalue weighted by atomic mass is 35.5. The van der Waals surface area contributed by atoms with E-state index in [2.05, 4.69) is 0 Å². The van der Waals surface area contributed by atoms with E-state index in [9.17, 15) is 4.79 Å². The minimum Gasteiger partial charge on any atom is -0.449 e. The van der Waals surface area contributed by atoms with Gasteiger partial charge in [-0.05, 0) is 38.7 Å². The van der Waals surface area contributed by atoms with E-state index < -0.39 is 5.43 Å². The Labute approximate surface area is 124 Å². The molecule has 1 aliphatic heterocycles. The molecule has 0 radical (unpaired) electrons. The van der Waals surface area contributed by atoms with Gasteiger partial charge < -0.3 is 14.0 Å². The summed E-state index contributed by atoms with van der Waals surface area (Å²) in [6.45, 7) is 8.22. The van der Waals surface area contributed by atoms with Gasteiger partial charge in [0.05, 0.1) is 11.2 Å². The number of hydrogen-bond donors (Lipinski definition) is 0.